The molecule has 0 fully saturated rings. The van der Waals surface area contributed by atoms with Crippen LogP contribution in [0, 0.1) is 5.92 Å². The summed E-state index contributed by atoms with van der Waals surface area (Å²) < 4.78 is 0. The van der Waals surface area contributed by atoms with Gasteiger partial charge < -0.3 is 15.7 Å². The van der Waals surface area contributed by atoms with E-state index >= 15 is 0 Å². The summed E-state index contributed by atoms with van der Waals surface area (Å²) in [6, 6.07) is 0. The van der Waals surface area contributed by atoms with E-state index in [4.69, 9.17) is 5.11 Å². The molecule has 0 unspecified atom stereocenters. The van der Waals surface area contributed by atoms with Crippen LogP contribution in [0.25, 0.3) is 0 Å². The first-order valence-electron chi connectivity index (χ1n) is 4.71. The third-order valence-electron chi connectivity index (χ3n) is 1.51. The average molecular weight is 202 g/mol. The molecule has 0 bridgehead atoms. The molecule has 0 spiro atoms. The van der Waals surface area contributed by atoms with Gasteiger partial charge in [0.1, 0.15) is 0 Å². The van der Waals surface area contributed by atoms with E-state index in [-0.39, 0.29) is 18.9 Å². The van der Waals surface area contributed by atoms with E-state index in [0.717, 1.165) is 0 Å². The van der Waals surface area contributed by atoms with E-state index in [9.17, 15) is 9.59 Å². The van der Waals surface area contributed by atoms with E-state index in [1.807, 2.05) is 13.8 Å². The maximum atomic E-state index is 11.1. The van der Waals surface area contributed by atoms with Gasteiger partial charge in [-0.05, 0) is 5.92 Å². The van der Waals surface area contributed by atoms with Crippen LogP contribution < -0.4 is 10.6 Å². The third-order valence-corrected chi connectivity index (χ3v) is 1.51. The maximum absolute atomic E-state index is 11.1. The summed E-state index contributed by atoms with van der Waals surface area (Å²) in [5.41, 5.74) is 0. The smallest absolute Gasteiger partial charge is 0.304 e. The standard InChI is InChI=1S/C9H18N2O3/c1-7(2)5-11-8(12)6-10-4-3-9(13)14/h7,10H,3-6H2,1-2H3,(H,11,12)(H,13,14). The average Bonchev–Trinajstić information content (AvgIpc) is 2.08. The van der Waals surface area contributed by atoms with Gasteiger partial charge in [-0.25, -0.2) is 0 Å². The topological polar surface area (TPSA) is 78.4 Å². The molecule has 3 N–H and O–H groups in total. The highest BCUT2D eigenvalue weighted by Gasteiger charge is 2.02. The number of carbonyl (C=O) groups excluding carboxylic acids is 1. The molecule has 0 radical (unpaired) electrons. The predicted octanol–water partition coefficient (Wildman–Crippen LogP) is -0.177. The van der Waals surface area contributed by atoms with Crippen LogP contribution in [0.3, 0.4) is 0 Å². The number of carboxylic acid groups (broad SMARTS) is 1. The van der Waals surface area contributed by atoms with Crippen LogP contribution in [-0.2, 0) is 9.59 Å². The number of hydrogen-bond donors (Lipinski definition) is 3. The van der Waals surface area contributed by atoms with Gasteiger partial charge in [-0.15, -0.1) is 0 Å². The Morgan fingerprint density at radius 2 is 2.00 bits per heavy atom. The molecule has 5 heteroatoms. The summed E-state index contributed by atoms with van der Waals surface area (Å²) in [4.78, 5) is 21.2. The number of aliphatic carboxylic acids is 1. The molecular formula is C9H18N2O3. The normalized spacial score (nSPS) is 10.2. The van der Waals surface area contributed by atoms with Gasteiger partial charge in [0, 0.05) is 13.1 Å². The third kappa shape index (κ3) is 8.99. The molecule has 5 nitrogen and oxygen atoms in total. The SMILES string of the molecule is CC(C)CNC(=O)CNCCC(=O)O. The Bertz CT molecular complexity index is 192. The van der Waals surface area contributed by atoms with E-state index in [1.165, 1.54) is 0 Å². The largest absolute Gasteiger partial charge is 0.481 e. The molecular weight excluding hydrogens is 184 g/mol. The highest BCUT2D eigenvalue weighted by atomic mass is 16.4. The van der Waals surface area contributed by atoms with E-state index in [2.05, 4.69) is 10.6 Å². The molecule has 82 valence electrons. The van der Waals surface area contributed by atoms with Crippen LogP contribution in [0.4, 0.5) is 0 Å². The number of nitrogens with one attached hydrogen (secondary N) is 2. The Morgan fingerprint density at radius 3 is 2.50 bits per heavy atom. The van der Waals surface area contributed by atoms with E-state index in [1.54, 1.807) is 0 Å². The van der Waals surface area contributed by atoms with Gasteiger partial charge in [-0.3, -0.25) is 9.59 Å². The maximum Gasteiger partial charge on any atom is 0.304 e. The summed E-state index contributed by atoms with van der Waals surface area (Å²) in [6.45, 7) is 5.18. The van der Waals surface area contributed by atoms with Crippen molar-refractivity contribution in [1.29, 1.82) is 0 Å². The van der Waals surface area contributed by atoms with Crippen LogP contribution in [-0.4, -0.2) is 36.6 Å². The second-order valence-corrected chi connectivity index (χ2v) is 3.52. The van der Waals surface area contributed by atoms with Crippen molar-refractivity contribution in [3.05, 3.63) is 0 Å². The van der Waals surface area contributed by atoms with Crippen molar-refractivity contribution in [2.75, 3.05) is 19.6 Å². The minimum Gasteiger partial charge on any atom is -0.481 e. The molecule has 0 heterocycles. The Hall–Kier alpha value is -1.10. The van der Waals surface area contributed by atoms with Gasteiger partial charge in [0.2, 0.25) is 5.91 Å². The Morgan fingerprint density at radius 1 is 1.36 bits per heavy atom. The van der Waals surface area contributed by atoms with Crippen LogP contribution in [0.5, 0.6) is 0 Å². The summed E-state index contributed by atoms with van der Waals surface area (Å²) in [7, 11) is 0. The minimum atomic E-state index is -0.861. The first kappa shape index (κ1) is 12.9. The van der Waals surface area contributed by atoms with Crippen molar-refractivity contribution < 1.29 is 14.7 Å². The van der Waals surface area contributed by atoms with Gasteiger partial charge in [0.15, 0.2) is 0 Å². The molecule has 14 heavy (non-hydrogen) atoms. The summed E-state index contributed by atoms with van der Waals surface area (Å²) >= 11 is 0. The minimum absolute atomic E-state index is 0.0391. The van der Waals surface area contributed by atoms with Gasteiger partial charge in [0.05, 0.1) is 13.0 Å². The van der Waals surface area contributed by atoms with Crippen molar-refractivity contribution in [3.8, 4) is 0 Å². The Kier molecular flexibility index (Phi) is 6.74. The molecule has 0 atom stereocenters. The second kappa shape index (κ2) is 7.32. The summed E-state index contributed by atoms with van der Waals surface area (Å²) in [5, 5.41) is 13.8. The lowest BCUT2D eigenvalue weighted by Gasteiger charge is -2.07. The molecule has 0 aliphatic carbocycles. The molecule has 1 amide bonds. The second-order valence-electron chi connectivity index (χ2n) is 3.52. The van der Waals surface area contributed by atoms with Gasteiger partial charge in [0.25, 0.3) is 0 Å². The fourth-order valence-corrected chi connectivity index (χ4v) is 0.778. The fraction of sp³-hybridized carbons (Fsp3) is 0.778. The predicted molar refractivity (Wildman–Crippen MR) is 53.0 cm³/mol. The zero-order valence-corrected chi connectivity index (χ0v) is 8.67. The molecule has 0 aromatic rings. The number of carboxylic acids is 1. The first-order chi connectivity index (χ1) is 6.52. The van der Waals surface area contributed by atoms with Gasteiger partial charge in [-0.2, -0.15) is 0 Å². The Balaban J connectivity index is 3.31. The lowest BCUT2D eigenvalue weighted by molar-refractivity contribution is -0.137. The highest BCUT2D eigenvalue weighted by molar-refractivity contribution is 5.78. The molecule has 0 aromatic heterocycles. The number of amides is 1. The van der Waals surface area contributed by atoms with E-state index in [0.29, 0.717) is 19.0 Å². The Labute approximate surface area is 83.9 Å². The van der Waals surface area contributed by atoms with Crippen molar-refractivity contribution in [3.63, 3.8) is 0 Å². The van der Waals surface area contributed by atoms with Gasteiger partial charge in [-0.1, -0.05) is 13.8 Å². The van der Waals surface area contributed by atoms with Crippen molar-refractivity contribution in [1.82, 2.24) is 10.6 Å². The van der Waals surface area contributed by atoms with E-state index < -0.39 is 5.97 Å². The van der Waals surface area contributed by atoms with Crippen LogP contribution in [0.15, 0.2) is 0 Å². The first-order valence-corrected chi connectivity index (χ1v) is 4.71. The van der Waals surface area contributed by atoms with Crippen LogP contribution in [0.2, 0.25) is 0 Å². The fourth-order valence-electron chi connectivity index (χ4n) is 0.778. The molecule has 0 saturated heterocycles. The monoisotopic (exact) mass is 202 g/mol. The molecule has 0 aromatic carbocycles. The lowest BCUT2D eigenvalue weighted by atomic mass is 10.2. The molecule has 0 saturated carbocycles. The zero-order chi connectivity index (χ0) is 11.0. The highest BCUT2D eigenvalue weighted by Crippen LogP contribution is 1.86. The van der Waals surface area contributed by atoms with Crippen molar-refractivity contribution in [2.45, 2.75) is 20.3 Å². The zero-order valence-electron chi connectivity index (χ0n) is 8.67. The van der Waals surface area contributed by atoms with Crippen LogP contribution in [0.1, 0.15) is 20.3 Å². The molecule has 0 aliphatic heterocycles. The molecule has 0 rings (SSSR count). The summed E-state index contributed by atoms with van der Waals surface area (Å²) in [6.07, 6.45) is 0.0391. The summed E-state index contributed by atoms with van der Waals surface area (Å²) in [5.74, 6) is -0.526. The van der Waals surface area contributed by atoms with Gasteiger partial charge >= 0.3 is 5.97 Å². The van der Waals surface area contributed by atoms with Crippen molar-refractivity contribution in [2.24, 2.45) is 5.92 Å². The van der Waals surface area contributed by atoms with Crippen LogP contribution >= 0.6 is 0 Å². The number of rotatable bonds is 7. The lowest BCUT2D eigenvalue weighted by Crippen LogP contribution is -2.36. The molecule has 0 aliphatic rings. The quantitative estimate of drug-likeness (QED) is 0.500. The number of carbonyl (C=O) groups is 2. The number of hydrogen-bond acceptors (Lipinski definition) is 3. The van der Waals surface area contributed by atoms with Crippen molar-refractivity contribution >= 4 is 11.9 Å².